The van der Waals surface area contributed by atoms with Crippen LogP contribution < -0.4 is 10.7 Å². The summed E-state index contributed by atoms with van der Waals surface area (Å²) in [7, 11) is 1.29. The van der Waals surface area contributed by atoms with Crippen molar-refractivity contribution in [3.05, 3.63) is 68.9 Å². The number of aryl methyl sites for hydroxylation is 1. The van der Waals surface area contributed by atoms with E-state index in [9.17, 15) is 14.4 Å². The second-order valence-electron chi connectivity index (χ2n) is 8.86. The SMILES string of the molecule is COC(=O)C1=C(C)NC2=CC(C)(C)CC(=O)C2C1c1coc2ccc(C)cc2c1=O. The largest absolute Gasteiger partial charge is 0.466 e. The van der Waals surface area contributed by atoms with Crippen molar-refractivity contribution in [2.75, 3.05) is 7.11 Å². The topological polar surface area (TPSA) is 85.6 Å². The molecule has 1 aliphatic heterocycles. The third-order valence-electron chi connectivity index (χ3n) is 5.93. The minimum absolute atomic E-state index is 0.0207. The average molecular weight is 407 g/mol. The Hall–Kier alpha value is -3.15. The molecule has 2 aliphatic rings. The molecule has 0 fully saturated rings. The Balaban J connectivity index is 2.01. The molecule has 6 nitrogen and oxygen atoms in total. The molecule has 1 N–H and O–H groups in total. The number of ether oxygens (including phenoxy) is 1. The molecule has 0 bridgehead atoms. The lowest BCUT2D eigenvalue weighted by molar-refractivity contribution is -0.136. The molecule has 0 radical (unpaired) electrons. The van der Waals surface area contributed by atoms with Crippen molar-refractivity contribution in [1.82, 2.24) is 5.32 Å². The summed E-state index contributed by atoms with van der Waals surface area (Å²) in [5, 5.41) is 3.65. The normalized spacial score (nSPS) is 23.0. The quantitative estimate of drug-likeness (QED) is 0.764. The highest BCUT2D eigenvalue weighted by molar-refractivity contribution is 5.96. The molecule has 30 heavy (non-hydrogen) atoms. The van der Waals surface area contributed by atoms with Crippen LogP contribution in [0.5, 0.6) is 0 Å². The number of methoxy groups -OCH3 is 1. The van der Waals surface area contributed by atoms with E-state index in [-0.39, 0.29) is 22.2 Å². The summed E-state index contributed by atoms with van der Waals surface area (Å²) in [6.45, 7) is 7.64. The van der Waals surface area contributed by atoms with E-state index in [0.717, 1.165) is 11.3 Å². The highest BCUT2D eigenvalue weighted by Crippen LogP contribution is 2.46. The number of benzene rings is 1. The molecule has 2 heterocycles. The van der Waals surface area contributed by atoms with Gasteiger partial charge in [-0.2, -0.15) is 0 Å². The van der Waals surface area contributed by atoms with E-state index in [1.807, 2.05) is 32.9 Å². The van der Waals surface area contributed by atoms with Crippen molar-refractivity contribution >= 4 is 22.7 Å². The van der Waals surface area contributed by atoms with Crippen molar-refractivity contribution < 1.29 is 18.7 Å². The zero-order chi connectivity index (χ0) is 21.8. The van der Waals surface area contributed by atoms with Gasteiger partial charge >= 0.3 is 5.97 Å². The van der Waals surface area contributed by atoms with Crippen LogP contribution in [0.1, 0.15) is 44.2 Å². The molecular weight excluding hydrogens is 382 g/mol. The number of Topliss-reactive ketones (excluding diaryl/α,β-unsaturated/α-hetero) is 1. The third kappa shape index (κ3) is 3.16. The molecule has 0 spiro atoms. The Kier molecular flexibility index (Phi) is 4.68. The van der Waals surface area contributed by atoms with Crippen LogP contribution in [0.25, 0.3) is 11.0 Å². The maximum Gasteiger partial charge on any atom is 0.336 e. The van der Waals surface area contributed by atoms with Crippen molar-refractivity contribution in [1.29, 1.82) is 0 Å². The average Bonchev–Trinajstić information content (AvgIpc) is 2.66. The predicted octanol–water partition coefficient (Wildman–Crippen LogP) is 3.73. The van der Waals surface area contributed by atoms with Crippen LogP contribution in [0.15, 0.2) is 56.7 Å². The minimum Gasteiger partial charge on any atom is -0.466 e. The van der Waals surface area contributed by atoms with E-state index in [0.29, 0.717) is 28.7 Å². The molecule has 156 valence electrons. The Morgan fingerprint density at radius 3 is 2.63 bits per heavy atom. The van der Waals surface area contributed by atoms with Crippen LogP contribution in [0.2, 0.25) is 0 Å². The summed E-state index contributed by atoms with van der Waals surface area (Å²) in [4.78, 5) is 39.4. The first-order valence-electron chi connectivity index (χ1n) is 9.96. The zero-order valence-corrected chi connectivity index (χ0v) is 17.8. The maximum atomic E-state index is 13.5. The molecule has 1 aliphatic carbocycles. The van der Waals surface area contributed by atoms with Crippen molar-refractivity contribution in [2.45, 2.75) is 40.0 Å². The zero-order valence-electron chi connectivity index (χ0n) is 17.8. The van der Waals surface area contributed by atoms with Gasteiger partial charge in [-0.3, -0.25) is 9.59 Å². The Morgan fingerprint density at radius 1 is 1.20 bits per heavy atom. The molecule has 6 heteroatoms. The summed E-state index contributed by atoms with van der Waals surface area (Å²) >= 11 is 0. The Labute approximate surface area is 174 Å². The van der Waals surface area contributed by atoms with E-state index < -0.39 is 17.8 Å². The van der Waals surface area contributed by atoms with Gasteiger partial charge in [0, 0.05) is 29.3 Å². The summed E-state index contributed by atoms with van der Waals surface area (Å²) in [6.07, 6.45) is 3.73. The molecule has 0 amide bonds. The van der Waals surface area contributed by atoms with Crippen LogP contribution in [-0.4, -0.2) is 18.9 Å². The summed E-state index contributed by atoms with van der Waals surface area (Å²) in [5.74, 6) is -2.02. The Bertz CT molecular complexity index is 1200. The molecular formula is C24H25NO5. The van der Waals surface area contributed by atoms with Gasteiger partial charge in [0.1, 0.15) is 11.4 Å². The van der Waals surface area contributed by atoms with Gasteiger partial charge in [-0.15, -0.1) is 0 Å². The number of rotatable bonds is 2. The number of hydrogen-bond acceptors (Lipinski definition) is 6. The summed E-state index contributed by atoms with van der Waals surface area (Å²) < 4.78 is 10.8. The van der Waals surface area contributed by atoms with Gasteiger partial charge in [-0.05, 0) is 31.4 Å². The van der Waals surface area contributed by atoms with E-state index in [1.54, 1.807) is 19.1 Å². The standard InChI is InChI=1S/C24H25NO5/c1-12-6-7-18-14(8-12)22(27)15(11-30-18)20-19(23(28)29-5)13(2)25-16-9-24(3,4)10-17(26)21(16)20/h6-9,11,20-21,25H,10H2,1-5H3. The van der Waals surface area contributed by atoms with Crippen LogP contribution in [-0.2, 0) is 14.3 Å². The Morgan fingerprint density at radius 2 is 1.93 bits per heavy atom. The number of fused-ring (bicyclic) bond motifs is 2. The number of allylic oxidation sites excluding steroid dienone is 3. The fourth-order valence-corrected chi connectivity index (χ4v) is 4.66. The van der Waals surface area contributed by atoms with Gasteiger partial charge in [-0.1, -0.05) is 31.6 Å². The van der Waals surface area contributed by atoms with Crippen molar-refractivity contribution in [3.8, 4) is 0 Å². The molecule has 0 saturated carbocycles. The number of ketones is 1. The lowest BCUT2D eigenvalue weighted by atomic mass is 9.66. The van der Waals surface area contributed by atoms with Crippen LogP contribution >= 0.6 is 0 Å². The van der Waals surface area contributed by atoms with E-state index in [2.05, 4.69) is 5.32 Å². The lowest BCUT2D eigenvalue weighted by Gasteiger charge is -2.40. The third-order valence-corrected chi connectivity index (χ3v) is 5.93. The van der Waals surface area contributed by atoms with Gasteiger partial charge in [0.05, 0.1) is 30.3 Å². The first-order chi connectivity index (χ1) is 14.1. The summed E-state index contributed by atoms with van der Waals surface area (Å²) in [6, 6.07) is 5.38. The van der Waals surface area contributed by atoms with Crippen LogP contribution in [0.4, 0.5) is 0 Å². The molecule has 1 aromatic heterocycles. The smallest absolute Gasteiger partial charge is 0.336 e. The molecule has 2 atom stereocenters. The highest BCUT2D eigenvalue weighted by Gasteiger charge is 2.47. The number of carbonyl (C=O) groups is 2. The fourth-order valence-electron chi connectivity index (χ4n) is 4.66. The van der Waals surface area contributed by atoms with Gasteiger partial charge < -0.3 is 14.5 Å². The van der Waals surface area contributed by atoms with Gasteiger partial charge in [-0.25, -0.2) is 4.79 Å². The van der Waals surface area contributed by atoms with E-state index in [4.69, 9.17) is 9.15 Å². The molecule has 1 aromatic carbocycles. The second kappa shape index (κ2) is 6.97. The monoisotopic (exact) mass is 407 g/mol. The predicted molar refractivity (Wildman–Crippen MR) is 113 cm³/mol. The van der Waals surface area contributed by atoms with Gasteiger partial charge in [0.25, 0.3) is 0 Å². The lowest BCUT2D eigenvalue weighted by Crippen LogP contribution is -2.44. The minimum atomic E-state index is -0.769. The highest BCUT2D eigenvalue weighted by atomic mass is 16.5. The van der Waals surface area contributed by atoms with Crippen molar-refractivity contribution in [2.24, 2.45) is 11.3 Å². The molecule has 0 saturated heterocycles. The number of hydrogen-bond donors (Lipinski definition) is 1. The number of nitrogens with one attached hydrogen (secondary N) is 1. The molecule has 2 unspecified atom stereocenters. The van der Waals surface area contributed by atoms with Crippen molar-refractivity contribution in [3.63, 3.8) is 0 Å². The van der Waals surface area contributed by atoms with Crippen LogP contribution in [0.3, 0.4) is 0 Å². The van der Waals surface area contributed by atoms with Crippen LogP contribution in [0, 0.1) is 18.3 Å². The second-order valence-corrected chi connectivity index (χ2v) is 8.86. The van der Waals surface area contributed by atoms with E-state index in [1.165, 1.54) is 13.4 Å². The number of esters is 1. The first kappa shape index (κ1) is 20.1. The fraction of sp³-hybridized carbons (Fsp3) is 0.375. The number of carbonyl (C=O) groups excluding carboxylic acids is 2. The maximum absolute atomic E-state index is 13.5. The van der Waals surface area contributed by atoms with Gasteiger partial charge in [0.2, 0.25) is 0 Å². The van der Waals surface area contributed by atoms with Gasteiger partial charge in [0.15, 0.2) is 5.43 Å². The first-order valence-corrected chi connectivity index (χ1v) is 9.96. The van der Waals surface area contributed by atoms with E-state index >= 15 is 0 Å². The summed E-state index contributed by atoms with van der Waals surface area (Å²) in [5.41, 5.74) is 2.71. The molecule has 4 rings (SSSR count). The molecule has 2 aromatic rings.